The summed E-state index contributed by atoms with van der Waals surface area (Å²) in [7, 11) is 0. The maximum atomic E-state index is 11.8. The number of primary amides is 1. The zero-order chi connectivity index (χ0) is 15.9. The van der Waals surface area contributed by atoms with E-state index >= 15 is 0 Å². The van der Waals surface area contributed by atoms with Crippen LogP contribution >= 0.6 is 0 Å². The summed E-state index contributed by atoms with van der Waals surface area (Å²) in [6, 6.07) is -3.02. The molecule has 7 N–H and O–H groups in total. The van der Waals surface area contributed by atoms with Crippen LogP contribution in [0.1, 0.15) is 26.7 Å². The van der Waals surface area contributed by atoms with E-state index in [4.69, 9.17) is 16.6 Å². The first-order valence-corrected chi connectivity index (χ1v) is 6.02. The molecule has 0 radical (unpaired) electrons. The van der Waals surface area contributed by atoms with Crippen molar-refractivity contribution >= 4 is 23.7 Å². The van der Waals surface area contributed by atoms with E-state index in [-0.39, 0.29) is 12.8 Å². The van der Waals surface area contributed by atoms with E-state index in [2.05, 4.69) is 10.6 Å². The van der Waals surface area contributed by atoms with Gasteiger partial charge in [-0.3, -0.25) is 19.2 Å². The van der Waals surface area contributed by atoms with Gasteiger partial charge in [0.05, 0.1) is 6.04 Å². The minimum atomic E-state index is -1.22. The molecular formula is C11H20N4O5. The van der Waals surface area contributed by atoms with Crippen molar-refractivity contribution in [3.8, 4) is 0 Å². The second-order valence-electron chi connectivity index (χ2n) is 4.42. The molecule has 0 saturated heterocycles. The summed E-state index contributed by atoms with van der Waals surface area (Å²) in [6.45, 7) is 2.71. The van der Waals surface area contributed by atoms with Gasteiger partial charge in [0.25, 0.3) is 0 Å². The first-order valence-electron chi connectivity index (χ1n) is 6.02. The van der Waals surface area contributed by atoms with Crippen LogP contribution in [0.25, 0.3) is 0 Å². The van der Waals surface area contributed by atoms with E-state index in [1.165, 1.54) is 13.8 Å². The van der Waals surface area contributed by atoms with Crippen LogP contribution in [0.2, 0.25) is 0 Å². The SMILES string of the molecule is CC(N)C(=O)NC(CCC(N)=O)C(=O)NC(C)C(=O)O. The van der Waals surface area contributed by atoms with Crippen LogP contribution in [0.5, 0.6) is 0 Å². The van der Waals surface area contributed by atoms with Crippen LogP contribution in [0, 0.1) is 0 Å². The maximum Gasteiger partial charge on any atom is 0.325 e. The summed E-state index contributed by atoms with van der Waals surface area (Å²) in [5, 5.41) is 13.2. The third-order valence-electron chi connectivity index (χ3n) is 2.46. The molecule has 0 aliphatic carbocycles. The van der Waals surface area contributed by atoms with Crippen molar-refractivity contribution in [2.75, 3.05) is 0 Å². The number of aliphatic carboxylic acids is 1. The molecule has 0 aliphatic rings. The zero-order valence-electron chi connectivity index (χ0n) is 11.4. The molecule has 0 aromatic rings. The molecule has 0 bridgehead atoms. The van der Waals surface area contributed by atoms with E-state index in [0.29, 0.717) is 0 Å². The number of hydrogen-bond donors (Lipinski definition) is 5. The van der Waals surface area contributed by atoms with Crippen LogP contribution in [-0.2, 0) is 19.2 Å². The number of carboxylic acids is 1. The van der Waals surface area contributed by atoms with Crippen molar-refractivity contribution in [3.63, 3.8) is 0 Å². The molecule has 0 rings (SSSR count). The van der Waals surface area contributed by atoms with Gasteiger partial charge in [-0.1, -0.05) is 0 Å². The Balaban J connectivity index is 4.73. The Kier molecular flexibility index (Phi) is 7.22. The Morgan fingerprint density at radius 2 is 1.65 bits per heavy atom. The Labute approximate surface area is 116 Å². The quantitative estimate of drug-likeness (QED) is 0.336. The maximum absolute atomic E-state index is 11.8. The van der Waals surface area contributed by atoms with E-state index in [9.17, 15) is 19.2 Å². The largest absolute Gasteiger partial charge is 0.480 e. The number of carbonyl (C=O) groups is 4. The number of nitrogens with two attached hydrogens (primary N) is 2. The highest BCUT2D eigenvalue weighted by atomic mass is 16.4. The number of rotatable bonds is 8. The third kappa shape index (κ3) is 6.69. The molecule has 0 saturated carbocycles. The van der Waals surface area contributed by atoms with Gasteiger partial charge in [-0.05, 0) is 20.3 Å². The number of nitrogens with one attached hydrogen (secondary N) is 2. The van der Waals surface area contributed by atoms with E-state index < -0.39 is 41.8 Å². The molecule has 3 amide bonds. The lowest BCUT2D eigenvalue weighted by Gasteiger charge is -2.20. The highest BCUT2D eigenvalue weighted by Crippen LogP contribution is 1.99. The van der Waals surface area contributed by atoms with Crippen molar-refractivity contribution in [3.05, 3.63) is 0 Å². The number of carboxylic acid groups (broad SMARTS) is 1. The van der Waals surface area contributed by atoms with E-state index in [1.807, 2.05) is 0 Å². The summed E-state index contributed by atoms with van der Waals surface area (Å²) in [6.07, 6.45) is -0.162. The lowest BCUT2D eigenvalue weighted by molar-refractivity contribution is -0.141. The predicted molar refractivity (Wildman–Crippen MR) is 69.2 cm³/mol. The lowest BCUT2D eigenvalue weighted by atomic mass is 10.1. The molecule has 0 heterocycles. The fourth-order valence-corrected chi connectivity index (χ4v) is 1.23. The number of amides is 3. The Bertz CT molecular complexity index is 396. The van der Waals surface area contributed by atoms with Gasteiger partial charge in [-0.2, -0.15) is 0 Å². The first kappa shape index (κ1) is 17.8. The molecule has 20 heavy (non-hydrogen) atoms. The molecule has 9 heteroatoms. The Morgan fingerprint density at radius 3 is 2.05 bits per heavy atom. The lowest BCUT2D eigenvalue weighted by Crippen LogP contribution is -2.53. The molecule has 0 aromatic heterocycles. The van der Waals surface area contributed by atoms with Crippen molar-refractivity contribution in [2.24, 2.45) is 11.5 Å². The van der Waals surface area contributed by atoms with Crippen molar-refractivity contribution in [2.45, 2.75) is 44.8 Å². The minimum absolute atomic E-state index is 0.0357. The van der Waals surface area contributed by atoms with Crippen LogP contribution in [0.15, 0.2) is 0 Å². The monoisotopic (exact) mass is 288 g/mol. The average molecular weight is 288 g/mol. The molecule has 0 aliphatic heterocycles. The highest BCUT2D eigenvalue weighted by molar-refractivity contribution is 5.91. The van der Waals surface area contributed by atoms with Crippen molar-refractivity contribution in [1.29, 1.82) is 0 Å². The summed E-state index contributed by atoms with van der Waals surface area (Å²) in [5.74, 6) is -3.15. The third-order valence-corrected chi connectivity index (χ3v) is 2.46. The van der Waals surface area contributed by atoms with Gasteiger partial charge >= 0.3 is 5.97 Å². The fourth-order valence-electron chi connectivity index (χ4n) is 1.23. The van der Waals surface area contributed by atoms with Crippen molar-refractivity contribution < 1.29 is 24.3 Å². The molecule has 9 nitrogen and oxygen atoms in total. The minimum Gasteiger partial charge on any atom is -0.480 e. The summed E-state index contributed by atoms with van der Waals surface area (Å²) < 4.78 is 0. The Hall–Kier alpha value is -2.16. The second kappa shape index (κ2) is 8.10. The first-order chi connectivity index (χ1) is 9.15. The smallest absolute Gasteiger partial charge is 0.325 e. The van der Waals surface area contributed by atoms with Gasteiger partial charge in [-0.25, -0.2) is 0 Å². The Morgan fingerprint density at radius 1 is 1.10 bits per heavy atom. The molecular weight excluding hydrogens is 268 g/mol. The van der Waals surface area contributed by atoms with Crippen LogP contribution in [0.3, 0.4) is 0 Å². The number of carbonyl (C=O) groups excluding carboxylic acids is 3. The summed E-state index contributed by atoms with van der Waals surface area (Å²) >= 11 is 0. The summed E-state index contributed by atoms with van der Waals surface area (Å²) in [5.41, 5.74) is 10.3. The second-order valence-corrected chi connectivity index (χ2v) is 4.42. The van der Waals surface area contributed by atoms with Crippen molar-refractivity contribution in [1.82, 2.24) is 10.6 Å². The predicted octanol–water partition coefficient (Wildman–Crippen LogP) is -2.33. The van der Waals surface area contributed by atoms with Gasteiger partial charge in [0, 0.05) is 6.42 Å². The standard InChI is InChI=1S/C11H20N4O5/c1-5(12)9(17)15-7(3-4-8(13)16)10(18)14-6(2)11(19)20/h5-7H,3-4,12H2,1-2H3,(H2,13,16)(H,14,18)(H,15,17)(H,19,20). The molecule has 0 spiro atoms. The van der Waals surface area contributed by atoms with Gasteiger partial charge in [0.15, 0.2) is 0 Å². The molecule has 3 unspecified atom stereocenters. The fraction of sp³-hybridized carbons (Fsp3) is 0.636. The van der Waals surface area contributed by atoms with Crippen LogP contribution in [-0.4, -0.2) is 46.9 Å². The van der Waals surface area contributed by atoms with E-state index in [0.717, 1.165) is 0 Å². The van der Waals surface area contributed by atoms with Gasteiger partial charge in [0.2, 0.25) is 17.7 Å². The van der Waals surface area contributed by atoms with E-state index in [1.54, 1.807) is 0 Å². The number of hydrogen-bond acceptors (Lipinski definition) is 5. The van der Waals surface area contributed by atoms with Gasteiger partial charge < -0.3 is 27.2 Å². The average Bonchev–Trinajstić information content (AvgIpc) is 2.33. The molecule has 3 atom stereocenters. The van der Waals surface area contributed by atoms with Crippen LogP contribution < -0.4 is 22.1 Å². The normalized spacial score (nSPS) is 14.8. The van der Waals surface area contributed by atoms with Gasteiger partial charge in [0.1, 0.15) is 12.1 Å². The highest BCUT2D eigenvalue weighted by Gasteiger charge is 2.25. The summed E-state index contributed by atoms with van der Waals surface area (Å²) in [4.78, 5) is 44.7. The molecule has 0 fully saturated rings. The topological polar surface area (TPSA) is 165 Å². The zero-order valence-corrected chi connectivity index (χ0v) is 11.4. The molecule has 0 aromatic carbocycles. The van der Waals surface area contributed by atoms with Gasteiger partial charge in [-0.15, -0.1) is 0 Å². The molecule has 114 valence electrons. The van der Waals surface area contributed by atoms with Crippen LogP contribution in [0.4, 0.5) is 0 Å².